The number of hydrogen-bond acceptors (Lipinski definition) is 3. The number of aromatic nitrogens is 4. The van der Waals surface area contributed by atoms with Crippen LogP contribution in [0.1, 0.15) is 37.3 Å². The highest BCUT2D eigenvalue weighted by Gasteiger charge is 2.14. The average molecular weight is 219 g/mol. The quantitative estimate of drug-likeness (QED) is 0.820. The lowest BCUT2D eigenvalue weighted by molar-refractivity contribution is 0.467. The Balaban J connectivity index is 2.03. The van der Waals surface area contributed by atoms with Crippen molar-refractivity contribution in [3.63, 3.8) is 0 Å². The van der Waals surface area contributed by atoms with Gasteiger partial charge >= 0.3 is 0 Å². The molecule has 0 aliphatic rings. The van der Waals surface area contributed by atoms with Crippen LogP contribution in [0, 0.1) is 0 Å². The molecule has 0 fully saturated rings. The zero-order valence-corrected chi connectivity index (χ0v) is 9.81. The van der Waals surface area contributed by atoms with Gasteiger partial charge in [0.05, 0.1) is 12.2 Å². The Kier molecular flexibility index (Phi) is 3.05. The number of H-pyrrole nitrogens is 1. The summed E-state index contributed by atoms with van der Waals surface area (Å²) in [5, 5.41) is 10.2. The van der Waals surface area contributed by atoms with Crippen LogP contribution in [0.4, 0.5) is 0 Å². The van der Waals surface area contributed by atoms with Gasteiger partial charge in [0.2, 0.25) is 0 Å². The van der Waals surface area contributed by atoms with E-state index >= 15 is 0 Å². The summed E-state index contributed by atoms with van der Waals surface area (Å²) in [4.78, 5) is 4.33. The first-order valence-corrected chi connectivity index (χ1v) is 5.40. The van der Waals surface area contributed by atoms with Gasteiger partial charge < -0.3 is 9.88 Å². The number of imidazole rings is 1. The van der Waals surface area contributed by atoms with Gasteiger partial charge in [-0.1, -0.05) is 0 Å². The predicted octanol–water partition coefficient (Wildman–Crippen LogP) is 1.55. The molecule has 2 N–H and O–H groups in total. The Labute approximate surface area is 94.9 Å². The molecule has 5 heteroatoms. The molecule has 2 unspecified atom stereocenters. The van der Waals surface area contributed by atoms with Crippen LogP contribution in [0.15, 0.2) is 24.8 Å². The average Bonchev–Trinajstić information content (AvgIpc) is 2.86. The molecule has 0 amide bonds. The van der Waals surface area contributed by atoms with E-state index in [1.54, 1.807) is 0 Å². The number of hydrogen-bond donors (Lipinski definition) is 2. The maximum Gasteiger partial charge on any atom is 0.125 e. The van der Waals surface area contributed by atoms with Crippen LogP contribution in [0.2, 0.25) is 0 Å². The molecule has 0 aliphatic carbocycles. The van der Waals surface area contributed by atoms with Gasteiger partial charge in [-0.15, -0.1) is 0 Å². The van der Waals surface area contributed by atoms with E-state index in [0.29, 0.717) is 0 Å². The molecular formula is C11H17N5. The van der Waals surface area contributed by atoms with Crippen molar-refractivity contribution < 1.29 is 0 Å². The van der Waals surface area contributed by atoms with E-state index in [1.807, 2.05) is 36.4 Å². The molecule has 5 nitrogen and oxygen atoms in total. The predicted molar refractivity (Wildman–Crippen MR) is 61.8 cm³/mol. The first-order valence-electron chi connectivity index (χ1n) is 5.40. The standard InChI is InChI=1S/C11H17N5/c1-8(10-6-13-14-7-10)15-9(2)11-12-4-5-16(11)3/h4-9,15H,1-3H3,(H,13,14). The highest BCUT2D eigenvalue weighted by atomic mass is 15.1. The second kappa shape index (κ2) is 4.49. The van der Waals surface area contributed by atoms with Crippen molar-refractivity contribution in [2.45, 2.75) is 25.9 Å². The zero-order chi connectivity index (χ0) is 11.5. The van der Waals surface area contributed by atoms with E-state index in [0.717, 1.165) is 11.4 Å². The molecule has 2 atom stereocenters. The molecule has 2 heterocycles. The SMILES string of the molecule is CC(NC(C)c1nccn1C)c1cn[nH]c1. The molecule has 0 aliphatic heterocycles. The first-order chi connectivity index (χ1) is 7.68. The minimum Gasteiger partial charge on any atom is -0.337 e. The number of aromatic amines is 1. The van der Waals surface area contributed by atoms with E-state index in [9.17, 15) is 0 Å². The maximum atomic E-state index is 4.33. The highest BCUT2D eigenvalue weighted by Crippen LogP contribution is 2.16. The van der Waals surface area contributed by atoms with E-state index in [2.05, 4.69) is 34.3 Å². The first kappa shape index (κ1) is 10.9. The highest BCUT2D eigenvalue weighted by molar-refractivity contribution is 5.09. The normalized spacial score (nSPS) is 14.9. The summed E-state index contributed by atoms with van der Waals surface area (Å²) in [6.07, 6.45) is 7.51. The van der Waals surface area contributed by atoms with Crippen molar-refractivity contribution >= 4 is 0 Å². The van der Waals surface area contributed by atoms with Crippen LogP contribution in [-0.4, -0.2) is 19.7 Å². The maximum absolute atomic E-state index is 4.33. The third-order valence-electron chi connectivity index (χ3n) is 2.77. The summed E-state index contributed by atoms with van der Waals surface area (Å²) >= 11 is 0. The molecular weight excluding hydrogens is 202 g/mol. The fraction of sp³-hybridized carbons (Fsp3) is 0.455. The summed E-state index contributed by atoms with van der Waals surface area (Å²) < 4.78 is 2.03. The molecule has 86 valence electrons. The van der Waals surface area contributed by atoms with Crippen molar-refractivity contribution in [2.75, 3.05) is 0 Å². The number of nitrogens with one attached hydrogen (secondary N) is 2. The molecule has 0 saturated heterocycles. The van der Waals surface area contributed by atoms with Gasteiger partial charge in [-0.2, -0.15) is 5.10 Å². The monoisotopic (exact) mass is 219 g/mol. The Hall–Kier alpha value is -1.62. The Bertz CT molecular complexity index is 431. The molecule has 0 bridgehead atoms. The van der Waals surface area contributed by atoms with Crippen molar-refractivity contribution in [3.8, 4) is 0 Å². The molecule has 0 saturated carbocycles. The van der Waals surface area contributed by atoms with E-state index < -0.39 is 0 Å². The van der Waals surface area contributed by atoms with Gasteiger partial charge in [-0.05, 0) is 13.8 Å². The Morgan fingerprint density at radius 1 is 1.38 bits per heavy atom. The van der Waals surface area contributed by atoms with Gasteiger partial charge in [0.25, 0.3) is 0 Å². The molecule has 0 aromatic carbocycles. The lowest BCUT2D eigenvalue weighted by Gasteiger charge is -2.18. The molecule has 0 spiro atoms. The second-order valence-corrected chi connectivity index (χ2v) is 4.04. The third kappa shape index (κ3) is 2.14. The Morgan fingerprint density at radius 3 is 2.75 bits per heavy atom. The van der Waals surface area contributed by atoms with Crippen LogP contribution >= 0.6 is 0 Å². The molecule has 16 heavy (non-hydrogen) atoms. The number of rotatable bonds is 4. The summed E-state index contributed by atoms with van der Waals surface area (Å²) in [5.74, 6) is 1.04. The van der Waals surface area contributed by atoms with Crippen molar-refractivity contribution in [2.24, 2.45) is 7.05 Å². The van der Waals surface area contributed by atoms with Gasteiger partial charge in [0.1, 0.15) is 5.82 Å². The van der Waals surface area contributed by atoms with Crippen molar-refractivity contribution in [1.82, 2.24) is 25.1 Å². The third-order valence-corrected chi connectivity index (χ3v) is 2.77. The van der Waals surface area contributed by atoms with Gasteiger partial charge in [-0.25, -0.2) is 4.98 Å². The van der Waals surface area contributed by atoms with Crippen LogP contribution in [0.3, 0.4) is 0 Å². The van der Waals surface area contributed by atoms with Crippen LogP contribution < -0.4 is 5.32 Å². The van der Waals surface area contributed by atoms with E-state index in [1.165, 1.54) is 0 Å². The number of aryl methyl sites for hydroxylation is 1. The Morgan fingerprint density at radius 2 is 2.19 bits per heavy atom. The van der Waals surface area contributed by atoms with Gasteiger partial charge in [-0.3, -0.25) is 5.10 Å². The largest absolute Gasteiger partial charge is 0.337 e. The fourth-order valence-electron chi connectivity index (χ4n) is 1.84. The number of nitrogens with zero attached hydrogens (tertiary/aromatic N) is 3. The zero-order valence-electron chi connectivity index (χ0n) is 9.81. The van der Waals surface area contributed by atoms with E-state index in [4.69, 9.17) is 0 Å². The molecule has 2 rings (SSSR count). The second-order valence-electron chi connectivity index (χ2n) is 4.04. The lowest BCUT2D eigenvalue weighted by atomic mass is 10.1. The molecule has 2 aromatic heterocycles. The van der Waals surface area contributed by atoms with Crippen LogP contribution in [-0.2, 0) is 7.05 Å². The van der Waals surface area contributed by atoms with E-state index in [-0.39, 0.29) is 12.1 Å². The van der Waals surface area contributed by atoms with Crippen molar-refractivity contribution in [3.05, 3.63) is 36.2 Å². The van der Waals surface area contributed by atoms with Gasteiger partial charge in [0, 0.05) is 37.2 Å². The smallest absolute Gasteiger partial charge is 0.125 e. The van der Waals surface area contributed by atoms with Gasteiger partial charge in [0.15, 0.2) is 0 Å². The van der Waals surface area contributed by atoms with Crippen LogP contribution in [0.25, 0.3) is 0 Å². The summed E-state index contributed by atoms with van der Waals surface area (Å²) in [5.41, 5.74) is 1.15. The lowest BCUT2D eigenvalue weighted by Crippen LogP contribution is -2.24. The van der Waals surface area contributed by atoms with Crippen molar-refractivity contribution in [1.29, 1.82) is 0 Å². The minimum atomic E-state index is 0.213. The summed E-state index contributed by atoms with van der Waals surface area (Å²) in [6, 6.07) is 0.468. The topological polar surface area (TPSA) is 58.5 Å². The summed E-state index contributed by atoms with van der Waals surface area (Å²) in [7, 11) is 2.00. The minimum absolute atomic E-state index is 0.213. The summed E-state index contributed by atoms with van der Waals surface area (Å²) in [6.45, 7) is 4.23. The fourth-order valence-corrected chi connectivity index (χ4v) is 1.84. The van der Waals surface area contributed by atoms with Crippen LogP contribution in [0.5, 0.6) is 0 Å². The molecule has 0 radical (unpaired) electrons. The molecule has 2 aromatic rings.